The van der Waals surface area contributed by atoms with Crippen LogP contribution in [0.15, 0.2) is 12.1 Å². The molecular formula is C10H15ClN2S. The van der Waals surface area contributed by atoms with Crippen molar-refractivity contribution < 1.29 is 0 Å². The molecule has 0 saturated carbocycles. The SMILES string of the molecule is Clc1ccc(NCC2CCCCN2)s1. The first-order valence-corrected chi connectivity index (χ1v) is 6.26. The molecule has 0 aromatic carbocycles. The first-order chi connectivity index (χ1) is 6.84. The highest BCUT2D eigenvalue weighted by molar-refractivity contribution is 7.19. The lowest BCUT2D eigenvalue weighted by molar-refractivity contribution is 0.414. The molecule has 1 atom stereocenters. The smallest absolute Gasteiger partial charge is 0.0950 e. The zero-order chi connectivity index (χ0) is 9.80. The van der Waals surface area contributed by atoms with E-state index in [2.05, 4.69) is 10.6 Å². The number of hydrogen-bond acceptors (Lipinski definition) is 3. The highest BCUT2D eigenvalue weighted by Crippen LogP contribution is 2.26. The first-order valence-electron chi connectivity index (χ1n) is 5.07. The fourth-order valence-electron chi connectivity index (χ4n) is 1.73. The third-order valence-corrected chi connectivity index (χ3v) is 3.70. The zero-order valence-electron chi connectivity index (χ0n) is 8.05. The molecule has 2 rings (SSSR count). The Balaban J connectivity index is 1.76. The second kappa shape index (κ2) is 5.01. The van der Waals surface area contributed by atoms with Crippen molar-refractivity contribution in [2.24, 2.45) is 0 Å². The van der Waals surface area contributed by atoms with Gasteiger partial charge in [-0.2, -0.15) is 0 Å². The number of piperidine rings is 1. The zero-order valence-corrected chi connectivity index (χ0v) is 9.63. The van der Waals surface area contributed by atoms with E-state index in [9.17, 15) is 0 Å². The summed E-state index contributed by atoms with van der Waals surface area (Å²) in [7, 11) is 0. The van der Waals surface area contributed by atoms with Crippen molar-refractivity contribution in [3.8, 4) is 0 Å². The van der Waals surface area contributed by atoms with Crippen molar-refractivity contribution in [2.75, 3.05) is 18.4 Å². The lowest BCUT2D eigenvalue weighted by Gasteiger charge is -2.23. The Morgan fingerprint density at radius 1 is 1.50 bits per heavy atom. The van der Waals surface area contributed by atoms with E-state index in [1.807, 2.05) is 12.1 Å². The Kier molecular flexibility index (Phi) is 3.67. The van der Waals surface area contributed by atoms with Crippen LogP contribution < -0.4 is 10.6 Å². The van der Waals surface area contributed by atoms with Gasteiger partial charge < -0.3 is 10.6 Å². The lowest BCUT2D eigenvalue weighted by atomic mass is 10.1. The summed E-state index contributed by atoms with van der Waals surface area (Å²) in [5, 5.41) is 8.08. The lowest BCUT2D eigenvalue weighted by Crippen LogP contribution is -2.39. The van der Waals surface area contributed by atoms with Gasteiger partial charge >= 0.3 is 0 Å². The molecule has 1 saturated heterocycles. The molecule has 78 valence electrons. The van der Waals surface area contributed by atoms with Crippen LogP contribution in [-0.2, 0) is 0 Å². The topological polar surface area (TPSA) is 24.1 Å². The standard InChI is InChI=1S/C10H15ClN2S/c11-9-4-5-10(14-9)13-7-8-3-1-2-6-12-8/h4-5,8,12-13H,1-3,6-7H2. The maximum absolute atomic E-state index is 5.84. The summed E-state index contributed by atoms with van der Waals surface area (Å²) in [6.07, 6.45) is 3.96. The molecule has 1 unspecified atom stereocenters. The summed E-state index contributed by atoms with van der Waals surface area (Å²) in [6, 6.07) is 4.60. The molecule has 0 bridgehead atoms. The van der Waals surface area contributed by atoms with Gasteiger partial charge in [-0.25, -0.2) is 0 Å². The van der Waals surface area contributed by atoms with E-state index >= 15 is 0 Å². The summed E-state index contributed by atoms with van der Waals surface area (Å²) in [6.45, 7) is 2.17. The van der Waals surface area contributed by atoms with E-state index in [-0.39, 0.29) is 0 Å². The van der Waals surface area contributed by atoms with Crippen LogP contribution in [-0.4, -0.2) is 19.1 Å². The van der Waals surface area contributed by atoms with Gasteiger partial charge in [-0.1, -0.05) is 18.0 Å². The number of thiophene rings is 1. The van der Waals surface area contributed by atoms with Gasteiger partial charge in [0.05, 0.1) is 9.34 Å². The van der Waals surface area contributed by atoms with E-state index in [0.29, 0.717) is 6.04 Å². The summed E-state index contributed by atoms with van der Waals surface area (Å²) in [4.78, 5) is 0. The predicted molar refractivity (Wildman–Crippen MR) is 63.5 cm³/mol. The minimum atomic E-state index is 0.629. The number of rotatable bonds is 3. The molecule has 1 aromatic heterocycles. The Labute approximate surface area is 93.7 Å². The summed E-state index contributed by atoms with van der Waals surface area (Å²) in [5.74, 6) is 0. The maximum atomic E-state index is 5.84. The largest absolute Gasteiger partial charge is 0.375 e. The van der Waals surface area contributed by atoms with E-state index in [0.717, 1.165) is 17.4 Å². The molecule has 14 heavy (non-hydrogen) atoms. The van der Waals surface area contributed by atoms with Gasteiger partial charge in [-0.15, -0.1) is 11.3 Å². The van der Waals surface area contributed by atoms with Crippen LogP contribution in [0.3, 0.4) is 0 Å². The molecule has 0 aliphatic carbocycles. The van der Waals surface area contributed by atoms with Crippen LogP contribution in [0.1, 0.15) is 19.3 Å². The average molecular weight is 231 g/mol. The Hall–Kier alpha value is -0.250. The molecule has 0 spiro atoms. The molecular weight excluding hydrogens is 216 g/mol. The van der Waals surface area contributed by atoms with Gasteiger partial charge in [-0.05, 0) is 31.5 Å². The number of nitrogens with one attached hydrogen (secondary N) is 2. The van der Waals surface area contributed by atoms with Crippen LogP contribution in [0.2, 0.25) is 4.34 Å². The van der Waals surface area contributed by atoms with Gasteiger partial charge in [-0.3, -0.25) is 0 Å². The van der Waals surface area contributed by atoms with Gasteiger partial charge in [0.15, 0.2) is 0 Å². The molecule has 1 fully saturated rings. The summed E-state index contributed by atoms with van der Waals surface area (Å²) in [5.41, 5.74) is 0. The van der Waals surface area contributed by atoms with Gasteiger partial charge in [0.25, 0.3) is 0 Å². The van der Waals surface area contributed by atoms with E-state index < -0.39 is 0 Å². The number of halogens is 1. The highest BCUT2D eigenvalue weighted by atomic mass is 35.5. The van der Waals surface area contributed by atoms with Crippen molar-refractivity contribution in [3.05, 3.63) is 16.5 Å². The van der Waals surface area contributed by atoms with Gasteiger partial charge in [0.2, 0.25) is 0 Å². The number of anilines is 1. The van der Waals surface area contributed by atoms with Gasteiger partial charge in [0.1, 0.15) is 0 Å². The molecule has 4 heteroatoms. The van der Waals surface area contributed by atoms with Crippen molar-refractivity contribution in [1.29, 1.82) is 0 Å². The van der Waals surface area contributed by atoms with E-state index in [1.54, 1.807) is 11.3 Å². The first kappa shape index (κ1) is 10.3. The van der Waals surface area contributed by atoms with Crippen LogP contribution in [0.4, 0.5) is 5.00 Å². The second-order valence-electron chi connectivity index (χ2n) is 3.63. The third kappa shape index (κ3) is 2.87. The predicted octanol–water partition coefficient (Wildman–Crippen LogP) is 2.96. The minimum Gasteiger partial charge on any atom is -0.375 e. The normalized spacial score (nSPS) is 22.2. The third-order valence-electron chi connectivity index (χ3n) is 2.51. The van der Waals surface area contributed by atoms with E-state index in [1.165, 1.54) is 24.3 Å². The average Bonchev–Trinajstić information content (AvgIpc) is 2.63. The molecule has 2 heterocycles. The fraction of sp³-hybridized carbons (Fsp3) is 0.600. The maximum Gasteiger partial charge on any atom is 0.0950 e. The van der Waals surface area contributed by atoms with Crippen LogP contribution in [0.25, 0.3) is 0 Å². The monoisotopic (exact) mass is 230 g/mol. The second-order valence-corrected chi connectivity index (χ2v) is 5.35. The Morgan fingerprint density at radius 2 is 2.43 bits per heavy atom. The fourth-order valence-corrected chi connectivity index (χ4v) is 2.68. The van der Waals surface area contributed by atoms with Crippen LogP contribution >= 0.6 is 22.9 Å². The molecule has 1 aliphatic heterocycles. The van der Waals surface area contributed by atoms with Crippen molar-refractivity contribution in [3.63, 3.8) is 0 Å². The molecule has 1 aliphatic rings. The van der Waals surface area contributed by atoms with Crippen molar-refractivity contribution in [2.45, 2.75) is 25.3 Å². The van der Waals surface area contributed by atoms with Gasteiger partial charge in [0, 0.05) is 12.6 Å². The van der Waals surface area contributed by atoms with Crippen LogP contribution in [0.5, 0.6) is 0 Å². The molecule has 0 radical (unpaired) electrons. The highest BCUT2D eigenvalue weighted by Gasteiger charge is 2.11. The Bertz CT molecular complexity index is 281. The minimum absolute atomic E-state index is 0.629. The summed E-state index contributed by atoms with van der Waals surface area (Å²) < 4.78 is 0.851. The van der Waals surface area contributed by atoms with Crippen LogP contribution in [0, 0.1) is 0 Å². The molecule has 2 N–H and O–H groups in total. The molecule has 2 nitrogen and oxygen atoms in total. The number of hydrogen-bond donors (Lipinski definition) is 2. The molecule has 1 aromatic rings. The van der Waals surface area contributed by atoms with Crippen molar-refractivity contribution >= 4 is 27.9 Å². The Morgan fingerprint density at radius 3 is 3.07 bits per heavy atom. The molecule has 0 amide bonds. The summed E-state index contributed by atoms with van der Waals surface area (Å²) >= 11 is 7.45. The van der Waals surface area contributed by atoms with Crippen molar-refractivity contribution in [1.82, 2.24) is 5.32 Å². The quantitative estimate of drug-likeness (QED) is 0.835. The van der Waals surface area contributed by atoms with E-state index in [4.69, 9.17) is 11.6 Å².